The summed E-state index contributed by atoms with van der Waals surface area (Å²) < 4.78 is 0. The summed E-state index contributed by atoms with van der Waals surface area (Å²) in [6, 6.07) is 19.0. The molecule has 0 unspecified atom stereocenters. The van der Waals surface area contributed by atoms with Gasteiger partial charge in [-0.15, -0.1) is 0 Å². The first-order chi connectivity index (χ1) is 17.8. The van der Waals surface area contributed by atoms with Gasteiger partial charge in [-0.1, -0.05) is 60.7 Å². The zero-order valence-electron chi connectivity index (χ0n) is 21.6. The molecule has 6 nitrogen and oxygen atoms in total. The number of nitrogens with one attached hydrogen (secondary N) is 2. The summed E-state index contributed by atoms with van der Waals surface area (Å²) in [7, 11) is 0. The third-order valence-electron chi connectivity index (χ3n) is 9.63. The normalized spacial score (nSPS) is 30.3. The first-order valence-electron chi connectivity index (χ1n) is 13.9. The highest BCUT2D eigenvalue weighted by molar-refractivity contribution is 6.09. The van der Waals surface area contributed by atoms with Crippen LogP contribution in [0.2, 0.25) is 0 Å². The standard InChI is InChI=1S/C31H37N3O3/c1-21(30-15-24-12-25(16-30)14-26(13-24)17-30)32-27(35)20-34-28(36)31(33-29(34)37,18-22-8-4-2-5-9-22)19-23-10-6-3-7-11-23/h2-11,21,24-26H,12-20H2,1H3,(H,32,35)(H,33,37)/t21-,24?,25?,26?,30?/m1/s1. The Kier molecular flexibility index (Phi) is 6.09. The highest BCUT2D eigenvalue weighted by atomic mass is 16.2. The van der Waals surface area contributed by atoms with Gasteiger partial charge in [0.25, 0.3) is 5.91 Å². The fourth-order valence-corrected chi connectivity index (χ4v) is 8.30. The van der Waals surface area contributed by atoms with Crippen LogP contribution in [0.3, 0.4) is 0 Å². The molecule has 1 saturated heterocycles. The molecule has 4 aliphatic carbocycles. The van der Waals surface area contributed by atoms with Gasteiger partial charge in [0.05, 0.1) is 0 Å². The van der Waals surface area contributed by atoms with Gasteiger partial charge in [0.15, 0.2) is 0 Å². The Bertz CT molecular complexity index is 1100. The number of benzene rings is 2. The maximum Gasteiger partial charge on any atom is 0.325 e. The average Bonchev–Trinajstić information content (AvgIpc) is 3.08. The van der Waals surface area contributed by atoms with Crippen molar-refractivity contribution in [2.24, 2.45) is 23.2 Å². The number of carbonyl (C=O) groups excluding carboxylic acids is 3. The molecule has 2 N–H and O–H groups in total. The Morgan fingerprint density at radius 2 is 1.38 bits per heavy atom. The lowest BCUT2D eigenvalue weighted by molar-refractivity contribution is -0.136. The third-order valence-corrected chi connectivity index (χ3v) is 9.63. The molecule has 194 valence electrons. The van der Waals surface area contributed by atoms with Crippen LogP contribution in [0.5, 0.6) is 0 Å². The summed E-state index contributed by atoms with van der Waals surface area (Å²) in [4.78, 5) is 41.3. The molecule has 5 fully saturated rings. The zero-order chi connectivity index (χ0) is 25.6. The highest BCUT2D eigenvalue weighted by Crippen LogP contribution is 2.61. The van der Waals surface area contributed by atoms with Crippen LogP contribution in [-0.2, 0) is 22.4 Å². The predicted molar refractivity (Wildman–Crippen MR) is 141 cm³/mol. The Morgan fingerprint density at radius 1 is 0.892 bits per heavy atom. The summed E-state index contributed by atoms with van der Waals surface area (Å²) in [5.41, 5.74) is 0.986. The molecular weight excluding hydrogens is 462 g/mol. The van der Waals surface area contributed by atoms with Gasteiger partial charge in [-0.2, -0.15) is 0 Å². The highest BCUT2D eigenvalue weighted by Gasteiger charge is 2.54. The summed E-state index contributed by atoms with van der Waals surface area (Å²) in [5, 5.41) is 6.21. The molecule has 1 atom stereocenters. The Hall–Kier alpha value is -3.15. The summed E-state index contributed by atoms with van der Waals surface area (Å²) in [6.45, 7) is 1.89. The first kappa shape index (κ1) is 24.2. The van der Waals surface area contributed by atoms with Crippen molar-refractivity contribution in [1.82, 2.24) is 15.5 Å². The molecule has 0 radical (unpaired) electrons. The van der Waals surface area contributed by atoms with E-state index in [-0.39, 0.29) is 29.8 Å². The first-order valence-corrected chi connectivity index (χ1v) is 13.9. The van der Waals surface area contributed by atoms with Gasteiger partial charge in [-0.3, -0.25) is 14.5 Å². The molecule has 4 amide bonds. The minimum atomic E-state index is -1.12. The quantitative estimate of drug-likeness (QED) is 0.526. The second-order valence-corrected chi connectivity index (χ2v) is 12.3. The number of nitrogens with zero attached hydrogens (tertiary/aromatic N) is 1. The van der Waals surface area contributed by atoms with Crippen molar-refractivity contribution in [2.75, 3.05) is 6.54 Å². The number of hydrogen-bond donors (Lipinski definition) is 2. The molecule has 1 heterocycles. The van der Waals surface area contributed by atoms with E-state index in [2.05, 4.69) is 17.6 Å². The lowest BCUT2D eigenvalue weighted by Gasteiger charge is -2.59. The van der Waals surface area contributed by atoms with E-state index in [1.165, 1.54) is 38.5 Å². The van der Waals surface area contributed by atoms with Crippen molar-refractivity contribution >= 4 is 17.8 Å². The number of hydrogen-bond acceptors (Lipinski definition) is 3. The Labute approximate surface area is 219 Å². The molecule has 0 spiro atoms. The molecule has 1 aliphatic heterocycles. The number of urea groups is 1. The largest absolute Gasteiger partial charge is 0.352 e. The molecular formula is C31H37N3O3. The number of imide groups is 1. The molecule has 6 heteroatoms. The van der Waals surface area contributed by atoms with Crippen molar-refractivity contribution in [3.05, 3.63) is 71.8 Å². The van der Waals surface area contributed by atoms with Gasteiger partial charge >= 0.3 is 6.03 Å². The third kappa shape index (κ3) is 4.55. The van der Waals surface area contributed by atoms with Crippen molar-refractivity contribution < 1.29 is 14.4 Å². The van der Waals surface area contributed by atoms with E-state index in [0.717, 1.165) is 33.8 Å². The Morgan fingerprint density at radius 3 is 1.86 bits per heavy atom. The van der Waals surface area contributed by atoms with E-state index >= 15 is 0 Å². The second kappa shape index (κ2) is 9.30. The summed E-state index contributed by atoms with van der Waals surface area (Å²) in [6.07, 6.45) is 8.39. The van der Waals surface area contributed by atoms with Crippen molar-refractivity contribution in [2.45, 2.75) is 69.9 Å². The van der Waals surface area contributed by atoms with Gasteiger partial charge in [-0.25, -0.2) is 4.79 Å². The second-order valence-electron chi connectivity index (χ2n) is 12.3. The van der Waals surface area contributed by atoms with E-state index < -0.39 is 11.6 Å². The maximum absolute atomic E-state index is 13.9. The van der Waals surface area contributed by atoms with Crippen molar-refractivity contribution in [3.8, 4) is 0 Å². The summed E-state index contributed by atoms with van der Waals surface area (Å²) >= 11 is 0. The van der Waals surface area contributed by atoms with Gasteiger partial charge in [0.2, 0.25) is 5.91 Å². The number of rotatable bonds is 8. The Balaban J connectivity index is 1.18. The van der Waals surface area contributed by atoms with Gasteiger partial charge < -0.3 is 10.6 Å². The smallest absolute Gasteiger partial charge is 0.325 e. The van der Waals surface area contributed by atoms with Gasteiger partial charge in [0, 0.05) is 18.9 Å². The van der Waals surface area contributed by atoms with E-state index in [1.54, 1.807) is 0 Å². The molecule has 2 aromatic carbocycles. The molecule has 5 aliphatic rings. The van der Waals surface area contributed by atoms with Crippen molar-refractivity contribution in [1.29, 1.82) is 0 Å². The van der Waals surface area contributed by atoms with E-state index in [1.807, 2.05) is 60.7 Å². The van der Waals surface area contributed by atoms with Crippen LogP contribution in [0.15, 0.2) is 60.7 Å². The molecule has 2 aromatic rings. The fraction of sp³-hybridized carbons (Fsp3) is 0.516. The van der Waals surface area contributed by atoms with Crippen LogP contribution < -0.4 is 10.6 Å². The maximum atomic E-state index is 13.9. The topological polar surface area (TPSA) is 78.5 Å². The van der Waals surface area contributed by atoms with Crippen LogP contribution >= 0.6 is 0 Å². The lowest BCUT2D eigenvalue weighted by atomic mass is 9.48. The zero-order valence-corrected chi connectivity index (χ0v) is 21.6. The fourth-order valence-electron chi connectivity index (χ4n) is 8.30. The number of amides is 4. The molecule has 0 aromatic heterocycles. The van der Waals surface area contributed by atoms with Crippen LogP contribution in [-0.4, -0.2) is 40.9 Å². The van der Waals surface area contributed by atoms with E-state index in [0.29, 0.717) is 12.8 Å². The van der Waals surface area contributed by atoms with Gasteiger partial charge in [-0.05, 0) is 79.7 Å². The van der Waals surface area contributed by atoms with Crippen LogP contribution in [0, 0.1) is 23.2 Å². The van der Waals surface area contributed by atoms with E-state index in [9.17, 15) is 14.4 Å². The van der Waals surface area contributed by atoms with Gasteiger partial charge in [0.1, 0.15) is 12.1 Å². The van der Waals surface area contributed by atoms with Crippen LogP contribution in [0.25, 0.3) is 0 Å². The van der Waals surface area contributed by atoms with Crippen LogP contribution in [0.4, 0.5) is 4.79 Å². The number of carbonyl (C=O) groups is 3. The summed E-state index contributed by atoms with van der Waals surface area (Å²) in [5.74, 6) is 1.82. The minimum absolute atomic E-state index is 0.0487. The predicted octanol–water partition coefficient (Wildman–Crippen LogP) is 4.48. The van der Waals surface area contributed by atoms with Crippen LogP contribution in [0.1, 0.15) is 56.6 Å². The SMILES string of the molecule is C[C@@H](NC(=O)CN1C(=O)NC(Cc2ccccc2)(Cc2ccccc2)C1=O)C12CC3CC(CC(C3)C1)C2. The molecule has 7 rings (SSSR count). The molecule has 37 heavy (non-hydrogen) atoms. The average molecular weight is 500 g/mol. The molecule has 4 saturated carbocycles. The van der Waals surface area contributed by atoms with E-state index in [4.69, 9.17) is 0 Å². The monoisotopic (exact) mass is 499 g/mol. The lowest BCUT2D eigenvalue weighted by Crippen LogP contribution is -2.57. The van der Waals surface area contributed by atoms with Crippen molar-refractivity contribution in [3.63, 3.8) is 0 Å². The minimum Gasteiger partial charge on any atom is -0.352 e. The molecule has 4 bridgehead atoms.